The van der Waals surface area contributed by atoms with Crippen LogP contribution in [0.5, 0.6) is 0 Å². The Morgan fingerprint density at radius 3 is 2.50 bits per heavy atom. The van der Waals surface area contributed by atoms with E-state index in [4.69, 9.17) is 4.43 Å². The van der Waals surface area contributed by atoms with Gasteiger partial charge >= 0.3 is 0 Å². The molecule has 0 aromatic rings. The highest BCUT2D eigenvalue weighted by Gasteiger charge is 2.09. The molecular formula is C7H18OSSi. The van der Waals surface area contributed by atoms with Gasteiger partial charge in [0.15, 0.2) is 9.76 Å². The Bertz CT molecular complexity index is 80.2. The zero-order valence-electron chi connectivity index (χ0n) is 7.18. The van der Waals surface area contributed by atoms with Crippen LogP contribution in [-0.4, -0.2) is 21.1 Å². The van der Waals surface area contributed by atoms with Crippen LogP contribution in [0.3, 0.4) is 0 Å². The first kappa shape index (κ1) is 10.5. The third-order valence-corrected chi connectivity index (χ3v) is 2.84. The highest BCUT2D eigenvalue weighted by atomic mass is 32.1. The van der Waals surface area contributed by atoms with E-state index in [0.717, 1.165) is 6.61 Å². The second-order valence-corrected chi connectivity index (χ2v) is 5.85. The van der Waals surface area contributed by atoms with Crippen LogP contribution >= 0.6 is 12.6 Å². The van der Waals surface area contributed by atoms with Crippen LogP contribution in [0.25, 0.3) is 0 Å². The summed E-state index contributed by atoms with van der Waals surface area (Å²) >= 11 is 4.42. The van der Waals surface area contributed by atoms with Crippen LogP contribution in [0.4, 0.5) is 0 Å². The minimum absolute atomic E-state index is 0.199. The average molecular weight is 178 g/mol. The monoisotopic (exact) mass is 178 g/mol. The molecule has 0 spiro atoms. The largest absolute Gasteiger partial charge is 0.424 e. The molecular weight excluding hydrogens is 160 g/mol. The van der Waals surface area contributed by atoms with Gasteiger partial charge in [0.25, 0.3) is 0 Å². The van der Waals surface area contributed by atoms with E-state index in [1.807, 2.05) is 0 Å². The Morgan fingerprint density at radius 1 is 1.50 bits per heavy atom. The van der Waals surface area contributed by atoms with Crippen molar-refractivity contribution in [3.8, 4) is 0 Å². The third kappa shape index (κ3) is 8.53. The maximum atomic E-state index is 5.33. The maximum absolute atomic E-state index is 5.33. The van der Waals surface area contributed by atoms with Gasteiger partial charge in [0.2, 0.25) is 0 Å². The molecule has 0 N–H and O–H groups in total. The van der Waals surface area contributed by atoms with Crippen LogP contribution in [0.1, 0.15) is 27.2 Å². The van der Waals surface area contributed by atoms with Gasteiger partial charge in [0.1, 0.15) is 0 Å². The molecule has 0 heterocycles. The fourth-order valence-electron chi connectivity index (χ4n) is 0.751. The molecule has 0 aliphatic heterocycles. The van der Waals surface area contributed by atoms with Crippen molar-refractivity contribution in [1.29, 1.82) is 0 Å². The zero-order chi connectivity index (χ0) is 8.04. The number of hydrogen-bond donors (Lipinski definition) is 1. The van der Waals surface area contributed by atoms with E-state index in [9.17, 15) is 0 Å². The van der Waals surface area contributed by atoms with Gasteiger partial charge < -0.3 is 4.43 Å². The summed E-state index contributed by atoms with van der Waals surface area (Å²) in [6, 6.07) is 1.25. The van der Waals surface area contributed by atoms with E-state index in [1.165, 1.54) is 12.5 Å². The molecule has 0 rings (SSSR count). The normalized spacial score (nSPS) is 13.2. The third-order valence-electron chi connectivity index (χ3n) is 1.28. The first-order chi connectivity index (χ1) is 4.56. The maximum Gasteiger partial charge on any atom is 0.161 e. The Labute approximate surface area is 71.9 Å². The molecule has 0 bridgehead atoms. The number of hydrogen-bond acceptors (Lipinski definition) is 2. The van der Waals surface area contributed by atoms with Gasteiger partial charge in [-0.15, -0.1) is 0 Å². The van der Waals surface area contributed by atoms with Gasteiger partial charge in [-0.1, -0.05) is 13.8 Å². The minimum atomic E-state index is -0.217. The van der Waals surface area contributed by atoms with E-state index in [-0.39, 0.29) is 14.5 Å². The van der Waals surface area contributed by atoms with Crippen molar-refractivity contribution in [2.75, 3.05) is 6.61 Å². The lowest BCUT2D eigenvalue weighted by Crippen LogP contribution is -2.11. The summed E-state index contributed by atoms with van der Waals surface area (Å²) in [5, 5.41) is 0. The molecule has 0 radical (unpaired) electrons. The smallest absolute Gasteiger partial charge is 0.161 e. The Hall–Kier alpha value is 0.527. The molecule has 62 valence electrons. The summed E-state index contributed by atoms with van der Waals surface area (Å²) in [7, 11) is -0.217. The van der Waals surface area contributed by atoms with Crippen molar-refractivity contribution in [3.63, 3.8) is 0 Å². The van der Waals surface area contributed by atoms with Gasteiger partial charge in [-0.05, 0) is 19.4 Å². The molecule has 0 atom stereocenters. The van der Waals surface area contributed by atoms with Gasteiger partial charge in [-0.3, -0.25) is 0 Å². The number of rotatable bonds is 5. The number of thiol groups is 1. The van der Waals surface area contributed by atoms with E-state index in [0.29, 0.717) is 0 Å². The molecule has 10 heavy (non-hydrogen) atoms. The van der Waals surface area contributed by atoms with Crippen LogP contribution < -0.4 is 0 Å². The predicted molar refractivity (Wildman–Crippen MR) is 52.7 cm³/mol. The molecule has 0 fully saturated rings. The van der Waals surface area contributed by atoms with E-state index >= 15 is 0 Å². The first-order valence-corrected chi connectivity index (χ1v) is 5.89. The zero-order valence-corrected chi connectivity index (χ0v) is 9.49. The summed E-state index contributed by atoms with van der Waals surface area (Å²) in [4.78, 5) is 0. The summed E-state index contributed by atoms with van der Waals surface area (Å²) < 4.78 is 5.53. The van der Waals surface area contributed by atoms with Crippen LogP contribution in [0.2, 0.25) is 6.04 Å². The average Bonchev–Trinajstić information content (AvgIpc) is 1.78. The van der Waals surface area contributed by atoms with Crippen molar-refractivity contribution in [2.45, 2.75) is 38.0 Å². The molecule has 0 saturated carbocycles. The molecule has 0 aliphatic carbocycles. The molecule has 0 aliphatic rings. The van der Waals surface area contributed by atoms with Crippen molar-refractivity contribution >= 4 is 22.4 Å². The Balaban J connectivity index is 3.04. The van der Waals surface area contributed by atoms with Crippen molar-refractivity contribution in [1.82, 2.24) is 0 Å². The summed E-state index contributed by atoms with van der Waals surface area (Å²) in [6.07, 6.45) is 1.18. The SMILES string of the molecule is CCO[SiH2]CCC(C)(C)S. The van der Waals surface area contributed by atoms with Crippen LogP contribution in [-0.2, 0) is 4.43 Å². The topological polar surface area (TPSA) is 9.23 Å². The van der Waals surface area contributed by atoms with Gasteiger partial charge in [0, 0.05) is 11.4 Å². The van der Waals surface area contributed by atoms with E-state index in [2.05, 4.69) is 33.4 Å². The molecule has 1 nitrogen and oxygen atoms in total. The summed E-state index contributed by atoms with van der Waals surface area (Å²) in [6.45, 7) is 7.24. The van der Waals surface area contributed by atoms with Crippen molar-refractivity contribution in [3.05, 3.63) is 0 Å². The fraction of sp³-hybridized carbons (Fsp3) is 1.00. The molecule has 0 amide bonds. The minimum Gasteiger partial charge on any atom is -0.424 e. The van der Waals surface area contributed by atoms with Crippen LogP contribution in [0, 0.1) is 0 Å². The molecule has 0 aromatic carbocycles. The summed E-state index contributed by atoms with van der Waals surface area (Å²) in [5.41, 5.74) is 0. The molecule has 0 aromatic heterocycles. The molecule has 3 heteroatoms. The summed E-state index contributed by atoms with van der Waals surface area (Å²) in [5.74, 6) is 0. The highest BCUT2D eigenvalue weighted by Crippen LogP contribution is 2.18. The van der Waals surface area contributed by atoms with Gasteiger partial charge in [-0.2, -0.15) is 12.6 Å². The lowest BCUT2D eigenvalue weighted by Gasteiger charge is -2.15. The molecule has 0 unspecified atom stereocenters. The van der Waals surface area contributed by atoms with Gasteiger partial charge in [0.05, 0.1) is 0 Å². The van der Waals surface area contributed by atoms with Gasteiger partial charge in [-0.25, -0.2) is 0 Å². The second-order valence-electron chi connectivity index (χ2n) is 3.11. The Morgan fingerprint density at radius 2 is 2.10 bits per heavy atom. The quantitative estimate of drug-likeness (QED) is 0.382. The van der Waals surface area contributed by atoms with E-state index in [1.54, 1.807) is 0 Å². The lowest BCUT2D eigenvalue weighted by atomic mass is 10.1. The van der Waals surface area contributed by atoms with Crippen molar-refractivity contribution in [2.24, 2.45) is 0 Å². The highest BCUT2D eigenvalue weighted by molar-refractivity contribution is 7.81. The first-order valence-electron chi connectivity index (χ1n) is 3.86. The lowest BCUT2D eigenvalue weighted by molar-refractivity contribution is 0.358. The fourth-order valence-corrected chi connectivity index (χ4v) is 2.73. The van der Waals surface area contributed by atoms with Crippen LogP contribution in [0.15, 0.2) is 0 Å². The Kier molecular flexibility index (Phi) is 5.49. The molecule has 0 saturated heterocycles. The predicted octanol–water partition coefficient (Wildman–Crippen LogP) is 1.62. The van der Waals surface area contributed by atoms with E-state index < -0.39 is 0 Å². The van der Waals surface area contributed by atoms with Crippen molar-refractivity contribution < 1.29 is 4.43 Å². The standard InChI is InChI=1S/C7H18OSSi/c1-4-8-10-6-5-7(2,3)9/h9H,4-6,10H2,1-3H3. The second kappa shape index (κ2) is 5.21.